The second kappa shape index (κ2) is 5.10. The summed E-state index contributed by atoms with van der Waals surface area (Å²) in [5.41, 5.74) is 6.55. The topological polar surface area (TPSA) is 85.1 Å². The molecule has 1 fully saturated rings. The number of thiazole rings is 1. The van der Waals surface area contributed by atoms with Crippen molar-refractivity contribution in [1.29, 1.82) is 0 Å². The molecule has 3 rings (SSSR count). The van der Waals surface area contributed by atoms with Crippen molar-refractivity contribution in [1.82, 2.24) is 4.98 Å². The maximum Gasteiger partial charge on any atom is 0.264 e. The van der Waals surface area contributed by atoms with Crippen LogP contribution in [0.5, 0.6) is 0 Å². The van der Waals surface area contributed by atoms with E-state index in [4.69, 9.17) is 5.73 Å². The molecular formula is C12H15N3O2S3. The van der Waals surface area contributed by atoms with Crippen LogP contribution in [0.25, 0.3) is 0 Å². The van der Waals surface area contributed by atoms with Crippen LogP contribution in [0.2, 0.25) is 0 Å². The van der Waals surface area contributed by atoms with Gasteiger partial charge in [0.2, 0.25) is 0 Å². The average Bonchev–Trinajstić information content (AvgIpc) is 3.02. The highest BCUT2D eigenvalue weighted by Crippen LogP contribution is 2.41. The minimum atomic E-state index is -3.57. The molecule has 108 valence electrons. The molecule has 3 N–H and O–H groups in total. The number of sulfonamides is 1. The van der Waals surface area contributed by atoms with Crippen molar-refractivity contribution in [2.24, 2.45) is 5.73 Å². The lowest BCUT2D eigenvalue weighted by atomic mass is 10.3. The summed E-state index contributed by atoms with van der Waals surface area (Å²) in [5, 5.41) is 2.37. The largest absolute Gasteiger partial charge is 0.326 e. The van der Waals surface area contributed by atoms with Gasteiger partial charge in [-0.1, -0.05) is 0 Å². The van der Waals surface area contributed by atoms with Crippen molar-refractivity contribution in [3.8, 4) is 0 Å². The fourth-order valence-corrected chi connectivity index (χ4v) is 5.52. The molecule has 0 aliphatic heterocycles. The van der Waals surface area contributed by atoms with Gasteiger partial charge in [0.25, 0.3) is 10.0 Å². The zero-order valence-corrected chi connectivity index (χ0v) is 13.4. The third kappa shape index (κ3) is 2.73. The van der Waals surface area contributed by atoms with Gasteiger partial charge in [0, 0.05) is 27.6 Å². The Morgan fingerprint density at radius 3 is 2.85 bits per heavy atom. The summed E-state index contributed by atoms with van der Waals surface area (Å²) < 4.78 is 27.3. The SMILES string of the molecule is Cc1sc(CN)cc1S(=O)(=O)Nc1nc(C2CC2)cs1. The molecule has 2 aromatic heterocycles. The first-order valence-electron chi connectivity index (χ1n) is 6.27. The van der Waals surface area contributed by atoms with Gasteiger partial charge < -0.3 is 5.73 Å². The second-order valence-electron chi connectivity index (χ2n) is 4.79. The van der Waals surface area contributed by atoms with E-state index in [-0.39, 0.29) is 0 Å². The lowest BCUT2D eigenvalue weighted by Gasteiger charge is -2.03. The number of hydrogen-bond donors (Lipinski definition) is 2. The molecule has 0 atom stereocenters. The van der Waals surface area contributed by atoms with Crippen LogP contribution in [0.1, 0.15) is 34.2 Å². The quantitative estimate of drug-likeness (QED) is 0.883. The van der Waals surface area contributed by atoms with Gasteiger partial charge in [-0.3, -0.25) is 4.72 Å². The number of aryl methyl sites for hydroxylation is 1. The summed E-state index contributed by atoms with van der Waals surface area (Å²) in [6.45, 7) is 2.14. The summed E-state index contributed by atoms with van der Waals surface area (Å²) in [5.74, 6) is 0.524. The molecule has 0 radical (unpaired) electrons. The number of nitrogens with zero attached hydrogens (tertiary/aromatic N) is 1. The molecule has 0 spiro atoms. The maximum absolute atomic E-state index is 12.4. The Morgan fingerprint density at radius 2 is 2.25 bits per heavy atom. The molecule has 2 aromatic rings. The van der Waals surface area contributed by atoms with E-state index < -0.39 is 10.0 Å². The van der Waals surface area contributed by atoms with Gasteiger partial charge in [-0.25, -0.2) is 13.4 Å². The Kier molecular flexibility index (Phi) is 3.57. The van der Waals surface area contributed by atoms with Gasteiger partial charge in [0.15, 0.2) is 5.13 Å². The van der Waals surface area contributed by atoms with Crippen LogP contribution >= 0.6 is 22.7 Å². The Hall–Kier alpha value is -0.960. The van der Waals surface area contributed by atoms with Crippen LogP contribution in [0.3, 0.4) is 0 Å². The zero-order valence-electron chi connectivity index (χ0n) is 10.9. The third-order valence-electron chi connectivity index (χ3n) is 3.15. The highest BCUT2D eigenvalue weighted by atomic mass is 32.2. The summed E-state index contributed by atoms with van der Waals surface area (Å²) in [4.78, 5) is 6.25. The molecule has 1 aliphatic rings. The minimum absolute atomic E-state index is 0.297. The molecule has 0 saturated heterocycles. The normalized spacial score (nSPS) is 15.5. The lowest BCUT2D eigenvalue weighted by molar-refractivity contribution is 0.601. The molecule has 0 amide bonds. The highest BCUT2D eigenvalue weighted by molar-refractivity contribution is 7.93. The molecule has 0 bridgehead atoms. The first-order chi connectivity index (χ1) is 9.49. The Bertz CT molecular complexity index is 729. The van der Waals surface area contributed by atoms with Crippen molar-refractivity contribution in [3.05, 3.63) is 26.9 Å². The standard InChI is InChI=1S/C12H15N3O2S3/c1-7-11(4-9(5-13)19-7)20(16,17)15-12-14-10(6-18-12)8-2-3-8/h4,6,8H,2-3,5,13H2,1H3,(H,14,15). The number of nitrogens with one attached hydrogen (secondary N) is 1. The van der Waals surface area contributed by atoms with Crippen LogP contribution in [0.4, 0.5) is 5.13 Å². The fourth-order valence-electron chi connectivity index (χ4n) is 1.96. The fraction of sp³-hybridized carbons (Fsp3) is 0.417. The van der Waals surface area contributed by atoms with Gasteiger partial charge in [0.1, 0.15) is 4.90 Å². The van der Waals surface area contributed by atoms with Crippen LogP contribution in [0, 0.1) is 6.92 Å². The van der Waals surface area contributed by atoms with E-state index in [1.807, 2.05) is 5.38 Å². The third-order valence-corrected chi connectivity index (χ3v) is 6.73. The minimum Gasteiger partial charge on any atom is -0.326 e. The van der Waals surface area contributed by atoms with E-state index >= 15 is 0 Å². The summed E-state index contributed by atoms with van der Waals surface area (Å²) in [7, 11) is -3.57. The number of hydrogen-bond acceptors (Lipinski definition) is 6. The first kappa shape index (κ1) is 14.0. The van der Waals surface area contributed by atoms with Crippen molar-refractivity contribution < 1.29 is 8.42 Å². The van der Waals surface area contributed by atoms with E-state index in [0.717, 1.165) is 28.3 Å². The molecule has 0 aromatic carbocycles. The van der Waals surface area contributed by atoms with E-state index in [0.29, 0.717) is 22.5 Å². The lowest BCUT2D eigenvalue weighted by Crippen LogP contribution is -2.13. The Labute approximate surface area is 125 Å². The smallest absolute Gasteiger partial charge is 0.264 e. The molecule has 1 aliphatic carbocycles. The summed E-state index contributed by atoms with van der Waals surface area (Å²) >= 11 is 2.75. The monoisotopic (exact) mass is 329 g/mol. The highest BCUT2D eigenvalue weighted by Gasteiger charge is 2.27. The van der Waals surface area contributed by atoms with E-state index in [1.165, 1.54) is 22.7 Å². The van der Waals surface area contributed by atoms with Gasteiger partial charge in [-0.05, 0) is 25.8 Å². The average molecular weight is 329 g/mol. The van der Waals surface area contributed by atoms with E-state index in [1.54, 1.807) is 13.0 Å². The van der Waals surface area contributed by atoms with Crippen molar-refractivity contribution in [2.75, 3.05) is 4.72 Å². The predicted molar refractivity (Wildman–Crippen MR) is 81.8 cm³/mol. The van der Waals surface area contributed by atoms with Crippen molar-refractivity contribution >= 4 is 37.8 Å². The molecule has 2 heterocycles. The predicted octanol–water partition coefficient (Wildman–Crippen LogP) is 2.65. The van der Waals surface area contributed by atoms with Gasteiger partial charge >= 0.3 is 0 Å². The molecule has 8 heteroatoms. The molecule has 20 heavy (non-hydrogen) atoms. The molecular weight excluding hydrogens is 314 g/mol. The van der Waals surface area contributed by atoms with Crippen LogP contribution in [0.15, 0.2) is 16.3 Å². The van der Waals surface area contributed by atoms with Crippen LogP contribution in [-0.2, 0) is 16.6 Å². The van der Waals surface area contributed by atoms with Crippen LogP contribution < -0.4 is 10.5 Å². The Balaban J connectivity index is 1.84. The zero-order chi connectivity index (χ0) is 14.3. The molecule has 0 unspecified atom stereocenters. The van der Waals surface area contributed by atoms with E-state index in [9.17, 15) is 8.42 Å². The first-order valence-corrected chi connectivity index (χ1v) is 9.45. The van der Waals surface area contributed by atoms with Crippen LogP contribution in [-0.4, -0.2) is 13.4 Å². The number of rotatable bonds is 5. The number of thiophene rings is 1. The van der Waals surface area contributed by atoms with Crippen molar-refractivity contribution in [2.45, 2.75) is 37.1 Å². The van der Waals surface area contributed by atoms with E-state index in [2.05, 4.69) is 9.71 Å². The van der Waals surface area contributed by atoms with Gasteiger partial charge in [-0.2, -0.15) is 0 Å². The Morgan fingerprint density at radius 1 is 1.50 bits per heavy atom. The number of anilines is 1. The van der Waals surface area contributed by atoms with Gasteiger partial charge in [-0.15, -0.1) is 22.7 Å². The number of nitrogens with two attached hydrogens (primary N) is 1. The molecule has 5 nitrogen and oxygen atoms in total. The van der Waals surface area contributed by atoms with Gasteiger partial charge in [0.05, 0.1) is 5.69 Å². The van der Waals surface area contributed by atoms with Crippen molar-refractivity contribution in [3.63, 3.8) is 0 Å². The summed E-state index contributed by atoms with van der Waals surface area (Å²) in [6, 6.07) is 1.64. The molecule has 1 saturated carbocycles. The summed E-state index contributed by atoms with van der Waals surface area (Å²) in [6.07, 6.45) is 2.30. The number of aromatic nitrogens is 1. The second-order valence-corrected chi connectivity index (χ2v) is 8.64. The maximum atomic E-state index is 12.4.